The van der Waals surface area contributed by atoms with Crippen LogP contribution in [0, 0.1) is 22.7 Å². The van der Waals surface area contributed by atoms with Crippen LogP contribution in [-0.2, 0) is 16.2 Å². The summed E-state index contributed by atoms with van der Waals surface area (Å²) in [6.07, 6.45) is 0. The van der Waals surface area contributed by atoms with E-state index in [1.54, 1.807) is 11.3 Å². The number of hydrogen-bond acceptors (Lipinski definition) is 4. The second-order valence-corrected chi connectivity index (χ2v) is 28.1. The summed E-state index contributed by atoms with van der Waals surface area (Å²) in [6, 6.07) is 78.0. The van der Waals surface area contributed by atoms with Gasteiger partial charge in [0.1, 0.15) is 28.8 Å². The van der Waals surface area contributed by atoms with Crippen molar-refractivity contribution in [2.24, 2.45) is 0 Å². The molecule has 0 amide bonds. The fraction of sp³-hybridized carbons (Fsp3) is 0.150. The highest BCUT2D eigenvalue weighted by Crippen LogP contribution is 2.53. The number of benzene rings is 11. The van der Waals surface area contributed by atoms with Gasteiger partial charge in [0.25, 0.3) is 0 Å². The molecular weight excluding hydrogens is 1090 g/mol. The minimum atomic E-state index is -0.309. The maximum atomic E-state index is 13.1. The van der Waals surface area contributed by atoms with E-state index in [2.05, 4.69) is 287 Å². The monoisotopic (exact) mass is 1150 g/mol. The number of nitriles is 2. The Bertz CT molecular complexity index is 5770. The van der Waals surface area contributed by atoms with E-state index in [9.17, 15) is 10.5 Å². The number of nitrogens with zero attached hydrogens (tertiary/aromatic N) is 6. The molecule has 11 aromatic carbocycles. The molecule has 8 heteroatoms. The molecule has 0 spiro atoms. The van der Waals surface area contributed by atoms with Crippen molar-refractivity contribution in [3.8, 4) is 34.9 Å². The van der Waals surface area contributed by atoms with Gasteiger partial charge in [-0.25, -0.2) is 0 Å². The predicted molar refractivity (Wildman–Crippen MR) is 369 cm³/mol. The maximum Gasteiger partial charge on any atom is 0.160 e. The van der Waals surface area contributed by atoms with Crippen molar-refractivity contribution in [1.29, 1.82) is 10.5 Å². The molecule has 422 valence electrons. The molecule has 0 N–H and O–H groups in total. The molecule has 17 aromatic rings. The number of hydrogen-bond donors (Lipinski definition) is 0. The van der Waals surface area contributed by atoms with Crippen molar-refractivity contribution in [2.75, 3.05) is 0 Å². The molecule has 0 saturated heterocycles. The molecule has 0 radical (unpaired) electrons. The first-order chi connectivity index (χ1) is 42.5. The number of thiophene rings is 1. The highest BCUT2D eigenvalue weighted by molar-refractivity contribution is 7.26. The van der Waals surface area contributed by atoms with Crippen molar-refractivity contribution in [2.45, 2.75) is 78.6 Å². The number of aromatic nitrogens is 4. The highest BCUT2D eigenvalue weighted by atomic mass is 32.1. The molecule has 88 heavy (non-hydrogen) atoms. The van der Waals surface area contributed by atoms with Crippen LogP contribution in [0.1, 0.15) is 90.1 Å². The Morgan fingerprint density at radius 1 is 0.352 bits per heavy atom. The van der Waals surface area contributed by atoms with Gasteiger partial charge in [-0.3, -0.25) is 0 Å². The van der Waals surface area contributed by atoms with E-state index >= 15 is 0 Å². The Hall–Kier alpha value is -10.4. The summed E-state index contributed by atoms with van der Waals surface area (Å²) in [5, 5.41) is 38.9. The van der Waals surface area contributed by atoms with Gasteiger partial charge in [0.15, 0.2) is 5.58 Å². The molecule has 0 unspecified atom stereocenters. The molecule has 0 saturated carbocycles. The molecule has 7 nitrogen and oxygen atoms in total. The normalized spacial score (nSPS) is 12.8. The molecule has 17 rings (SSSR count). The third-order valence-electron chi connectivity index (χ3n) is 18.9. The van der Waals surface area contributed by atoms with E-state index < -0.39 is 0 Å². The first-order valence-electron chi connectivity index (χ1n) is 30.4. The van der Waals surface area contributed by atoms with Gasteiger partial charge in [0.2, 0.25) is 0 Å². The largest absolute Gasteiger partial charge is 0.454 e. The Kier molecular flexibility index (Phi) is 10.7. The van der Waals surface area contributed by atoms with Crippen LogP contribution in [0.5, 0.6) is 0 Å². The fourth-order valence-electron chi connectivity index (χ4n) is 14.8. The molecule has 0 aliphatic rings. The van der Waals surface area contributed by atoms with Crippen LogP contribution in [-0.4, -0.2) is 18.3 Å². The smallest absolute Gasteiger partial charge is 0.160 e. The Balaban J connectivity index is 1.22. The zero-order chi connectivity index (χ0) is 60.0. The van der Waals surface area contributed by atoms with Crippen molar-refractivity contribution in [3.63, 3.8) is 0 Å². The molecule has 0 aliphatic carbocycles. The van der Waals surface area contributed by atoms with Crippen molar-refractivity contribution < 1.29 is 4.42 Å². The van der Waals surface area contributed by atoms with Crippen LogP contribution >= 0.6 is 11.3 Å². The minimum Gasteiger partial charge on any atom is -0.454 e. The van der Waals surface area contributed by atoms with Gasteiger partial charge in [-0.1, -0.05) is 196 Å². The average Bonchev–Trinajstić information content (AvgIpc) is 1.46. The van der Waals surface area contributed by atoms with Gasteiger partial charge in [0, 0.05) is 69.3 Å². The van der Waals surface area contributed by atoms with Crippen LogP contribution in [0.3, 0.4) is 0 Å². The zero-order valence-corrected chi connectivity index (χ0v) is 51.4. The summed E-state index contributed by atoms with van der Waals surface area (Å²) in [4.78, 5) is 0. The predicted octanol–water partition coefficient (Wildman–Crippen LogP) is 22.0. The lowest BCUT2D eigenvalue weighted by Crippen LogP contribution is -2.17. The minimum absolute atomic E-state index is 0.177. The summed E-state index contributed by atoms with van der Waals surface area (Å²) in [7, 11) is 0. The van der Waals surface area contributed by atoms with E-state index in [1.165, 1.54) is 16.7 Å². The molecule has 0 atom stereocenters. The Morgan fingerprint density at radius 3 is 1.28 bits per heavy atom. The number of furan rings is 1. The number of fused-ring (bicyclic) bond motifs is 20. The van der Waals surface area contributed by atoms with Crippen LogP contribution in [0.15, 0.2) is 205 Å². The van der Waals surface area contributed by atoms with Crippen molar-refractivity contribution in [3.05, 3.63) is 228 Å². The van der Waals surface area contributed by atoms with E-state index in [0.29, 0.717) is 33.9 Å². The quantitative estimate of drug-likeness (QED) is 0.176. The molecule has 0 bridgehead atoms. The average molecular weight is 1150 g/mol. The van der Waals surface area contributed by atoms with Crippen molar-refractivity contribution >= 4 is 141 Å². The van der Waals surface area contributed by atoms with E-state index in [-0.39, 0.29) is 16.2 Å². The van der Waals surface area contributed by atoms with Crippen molar-refractivity contribution in [1.82, 2.24) is 18.3 Å². The summed E-state index contributed by atoms with van der Waals surface area (Å²) in [5.41, 5.74) is 14.9. The first-order valence-corrected chi connectivity index (χ1v) is 31.2. The van der Waals surface area contributed by atoms with E-state index in [0.717, 1.165) is 129 Å². The van der Waals surface area contributed by atoms with Gasteiger partial charge >= 0.3 is 0 Å². The zero-order valence-electron chi connectivity index (χ0n) is 50.6. The number of para-hydroxylation sites is 5. The maximum absolute atomic E-state index is 13.1. The molecule has 6 aromatic heterocycles. The van der Waals surface area contributed by atoms with Crippen LogP contribution < -0.4 is 0 Å². The molecular formula is C80H60N6OS. The lowest BCUT2D eigenvalue weighted by Gasteiger charge is -2.27. The van der Waals surface area contributed by atoms with Gasteiger partial charge in [-0.2, -0.15) is 10.5 Å². The van der Waals surface area contributed by atoms with E-state index in [4.69, 9.17) is 4.42 Å². The summed E-state index contributed by atoms with van der Waals surface area (Å²) < 4.78 is 19.1. The van der Waals surface area contributed by atoms with Gasteiger partial charge < -0.3 is 22.7 Å². The summed E-state index contributed by atoms with van der Waals surface area (Å²) in [5.74, 6) is 0. The summed E-state index contributed by atoms with van der Waals surface area (Å²) in [6.45, 7) is 20.5. The van der Waals surface area contributed by atoms with Gasteiger partial charge in [-0.05, 0) is 99.7 Å². The van der Waals surface area contributed by atoms with Crippen LogP contribution in [0.4, 0.5) is 0 Å². The highest BCUT2D eigenvalue weighted by Gasteiger charge is 2.37. The van der Waals surface area contributed by atoms with Crippen LogP contribution in [0.2, 0.25) is 0 Å². The third-order valence-corrected chi connectivity index (χ3v) is 20.1. The molecule has 0 aliphatic heterocycles. The Morgan fingerprint density at radius 2 is 0.784 bits per heavy atom. The lowest BCUT2D eigenvalue weighted by atomic mass is 9.82. The summed E-state index contributed by atoms with van der Waals surface area (Å²) >= 11 is 1.76. The fourth-order valence-corrected chi connectivity index (χ4v) is 16.0. The topological polar surface area (TPSA) is 80.4 Å². The van der Waals surface area contributed by atoms with Gasteiger partial charge in [-0.15, -0.1) is 11.3 Å². The SMILES string of the molecule is CC(C)(C)c1ccc2c(c1)c1cc(C(C)(C)C)c3c4ccccc4oc3c1n2-c1c(-n2c3ccccc3c3ccccc32)c(C#N)c(-n2c3ccc(C(C)(C)C)cc3c3ccc4c5ccccc5sc4c32)c(C#N)c1-n1c2ccccc2c2ccccc21. The van der Waals surface area contributed by atoms with Crippen LogP contribution in [0.25, 0.3) is 152 Å². The second-order valence-electron chi connectivity index (χ2n) is 27.1. The van der Waals surface area contributed by atoms with E-state index in [1.807, 2.05) is 6.07 Å². The molecule has 0 fully saturated rings. The van der Waals surface area contributed by atoms with Gasteiger partial charge in [0.05, 0.1) is 71.6 Å². The second kappa shape index (κ2) is 18.1. The standard InChI is InChI=1S/C80H60N6OS/c1-78(2,3)45-34-38-65-55(40-45)52-36-37-53-51-26-15-21-33-68(51)88-77(53)74(52)85(65)70-58(43-81)71(83-61-28-16-10-22-47(61)48-23-11-17-29-62(48)83)75(72(59(70)44-82)84-63-30-18-12-24-49(63)50-25-13-19-31-64(50)84)86-66-39-35-46(79(4,5)6)41-56(66)57-42-60(80(7,8)9)69-54-27-14-20-32-67(54)87-76(69)73(57)86/h10-42H,1-9H3. The number of rotatable bonds is 4. The first kappa shape index (κ1) is 52.0. The Labute approximate surface area is 512 Å². The molecule has 6 heterocycles. The third kappa shape index (κ3) is 7.04. The lowest BCUT2D eigenvalue weighted by molar-refractivity contribution is 0.591.